The number of halogens is 1. The molecule has 2 aromatic carbocycles. The summed E-state index contributed by atoms with van der Waals surface area (Å²) in [6, 6.07) is 12.8. The minimum Gasteiger partial charge on any atom is -0.457 e. The average Bonchev–Trinajstić information content (AvgIpc) is 2.44. The monoisotopic (exact) mass is 260 g/mol. The van der Waals surface area contributed by atoms with Crippen LogP contribution < -0.4 is 21.8 Å². The fourth-order valence-electron chi connectivity index (χ4n) is 1.51. The second-order valence-electron chi connectivity index (χ2n) is 3.70. The maximum Gasteiger partial charge on any atom is 0.166 e. The van der Waals surface area contributed by atoms with Crippen molar-refractivity contribution in [1.29, 1.82) is 0 Å². The standard InChI is InChI=1S/C13H13FN4O/c14-10-3-7-12(8-4-10)19-11-5-1-9(2-6-11)13(17-15)18-16/h1-8H,15-16H2,(H,17,18). The third-order valence-corrected chi connectivity index (χ3v) is 2.44. The zero-order valence-electron chi connectivity index (χ0n) is 10.0. The molecule has 0 aromatic heterocycles. The van der Waals surface area contributed by atoms with Gasteiger partial charge in [-0.1, -0.05) is 0 Å². The van der Waals surface area contributed by atoms with Crippen LogP contribution in [0.2, 0.25) is 0 Å². The second-order valence-corrected chi connectivity index (χ2v) is 3.70. The SMILES string of the molecule is N/N=C(\NN)c1ccc(Oc2ccc(F)cc2)cc1. The van der Waals surface area contributed by atoms with Crippen LogP contribution >= 0.6 is 0 Å². The molecule has 6 heteroatoms. The number of nitrogens with one attached hydrogen (secondary N) is 1. The highest BCUT2D eigenvalue weighted by atomic mass is 19.1. The van der Waals surface area contributed by atoms with Gasteiger partial charge in [-0.25, -0.2) is 10.2 Å². The Hall–Kier alpha value is -2.60. The van der Waals surface area contributed by atoms with Crippen molar-refractivity contribution in [2.75, 3.05) is 0 Å². The molecule has 0 saturated heterocycles. The molecular weight excluding hydrogens is 247 g/mol. The molecule has 0 atom stereocenters. The van der Waals surface area contributed by atoms with Gasteiger partial charge in [0.25, 0.3) is 0 Å². The van der Waals surface area contributed by atoms with Crippen LogP contribution in [0, 0.1) is 5.82 Å². The number of hydrazine groups is 1. The summed E-state index contributed by atoms with van der Waals surface area (Å²) >= 11 is 0. The molecule has 0 unspecified atom stereocenters. The summed E-state index contributed by atoms with van der Waals surface area (Å²) in [6.45, 7) is 0. The number of nitrogens with two attached hydrogens (primary N) is 2. The molecule has 5 nitrogen and oxygen atoms in total. The van der Waals surface area contributed by atoms with Crippen LogP contribution in [0.25, 0.3) is 0 Å². The van der Waals surface area contributed by atoms with E-state index < -0.39 is 0 Å². The molecule has 0 bridgehead atoms. The number of rotatable bonds is 3. The van der Waals surface area contributed by atoms with Crippen molar-refractivity contribution in [2.45, 2.75) is 0 Å². The Kier molecular flexibility index (Phi) is 3.94. The van der Waals surface area contributed by atoms with E-state index in [2.05, 4.69) is 10.5 Å². The van der Waals surface area contributed by atoms with Crippen molar-refractivity contribution < 1.29 is 9.13 Å². The summed E-state index contributed by atoms with van der Waals surface area (Å²) in [5.74, 6) is 11.7. The Bertz CT molecular complexity index is 566. The molecule has 0 amide bonds. The highest BCUT2D eigenvalue weighted by Gasteiger charge is 2.02. The van der Waals surface area contributed by atoms with Crippen LogP contribution in [0.15, 0.2) is 53.6 Å². The van der Waals surface area contributed by atoms with Gasteiger partial charge in [-0.3, -0.25) is 0 Å². The molecule has 0 fully saturated rings. The molecule has 0 aliphatic rings. The lowest BCUT2D eigenvalue weighted by molar-refractivity contribution is 0.480. The Morgan fingerprint density at radius 1 is 1.00 bits per heavy atom. The van der Waals surface area contributed by atoms with E-state index >= 15 is 0 Å². The van der Waals surface area contributed by atoms with E-state index in [4.69, 9.17) is 16.4 Å². The number of ether oxygens (including phenoxy) is 1. The minimum atomic E-state index is -0.305. The predicted octanol–water partition coefficient (Wildman–Crippen LogP) is 1.70. The van der Waals surface area contributed by atoms with E-state index in [-0.39, 0.29) is 5.82 Å². The van der Waals surface area contributed by atoms with Crippen molar-refractivity contribution in [1.82, 2.24) is 5.43 Å². The molecule has 2 rings (SSSR count). The number of hydrazone groups is 1. The van der Waals surface area contributed by atoms with Gasteiger partial charge in [-0.15, -0.1) is 0 Å². The lowest BCUT2D eigenvalue weighted by atomic mass is 10.2. The fraction of sp³-hybridized carbons (Fsp3) is 0. The molecule has 0 spiro atoms. The maximum absolute atomic E-state index is 12.7. The lowest BCUT2D eigenvalue weighted by Gasteiger charge is -2.07. The van der Waals surface area contributed by atoms with E-state index in [1.807, 2.05) is 0 Å². The molecular formula is C13H13FN4O. The third kappa shape index (κ3) is 3.20. The summed E-state index contributed by atoms with van der Waals surface area (Å²) < 4.78 is 18.3. The van der Waals surface area contributed by atoms with E-state index in [1.165, 1.54) is 12.1 Å². The van der Waals surface area contributed by atoms with Crippen LogP contribution in [0.3, 0.4) is 0 Å². The molecule has 5 N–H and O–H groups in total. The molecule has 98 valence electrons. The van der Waals surface area contributed by atoms with Gasteiger partial charge in [0.2, 0.25) is 0 Å². The van der Waals surface area contributed by atoms with E-state index in [0.29, 0.717) is 17.3 Å². The number of nitrogens with zero attached hydrogens (tertiary/aromatic N) is 1. The molecule has 0 aliphatic heterocycles. The lowest BCUT2D eigenvalue weighted by Crippen LogP contribution is -2.31. The van der Waals surface area contributed by atoms with Crippen molar-refractivity contribution in [3.05, 3.63) is 59.9 Å². The van der Waals surface area contributed by atoms with Crippen molar-refractivity contribution in [3.63, 3.8) is 0 Å². The first-order valence-corrected chi connectivity index (χ1v) is 5.51. The van der Waals surface area contributed by atoms with E-state index in [1.54, 1.807) is 36.4 Å². The van der Waals surface area contributed by atoms with Gasteiger partial charge >= 0.3 is 0 Å². The summed E-state index contributed by atoms with van der Waals surface area (Å²) in [5.41, 5.74) is 3.12. The average molecular weight is 260 g/mol. The minimum absolute atomic E-state index is 0.305. The Labute approximate surface area is 109 Å². The summed E-state index contributed by atoms with van der Waals surface area (Å²) in [7, 11) is 0. The van der Waals surface area contributed by atoms with E-state index in [9.17, 15) is 4.39 Å². The van der Waals surface area contributed by atoms with Crippen molar-refractivity contribution in [3.8, 4) is 11.5 Å². The molecule has 0 aliphatic carbocycles. The fourth-order valence-corrected chi connectivity index (χ4v) is 1.51. The second kappa shape index (κ2) is 5.83. The van der Waals surface area contributed by atoms with E-state index in [0.717, 1.165) is 5.56 Å². The highest BCUT2D eigenvalue weighted by molar-refractivity contribution is 5.98. The Morgan fingerprint density at radius 3 is 2.00 bits per heavy atom. The van der Waals surface area contributed by atoms with Crippen LogP contribution in [0.5, 0.6) is 11.5 Å². The Morgan fingerprint density at radius 2 is 1.53 bits per heavy atom. The predicted molar refractivity (Wildman–Crippen MR) is 71.0 cm³/mol. The molecule has 0 saturated carbocycles. The number of benzene rings is 2. The maximum atomic E-state index is 12.7. The number of hydrogen-bond donors (Lipinski definition) is 3. The van der Waals surface area contributed by atoms with Crippen LogP contribution in [0.4, 0.5) is 4.39 Å². The van der Waals surface area contributed by atoms with Gasteiger partial charge in [0, 0.05) is 5.56 Å². The first-order chi connectivity index (χ1) is 9.22. The Balaban J connectivity index is 2.12. The smallest absolute Gasteiger partial charge is 0.166 e. The van der Waals surface area contributed by atoms with Gasteiger partial charge in [-0.2, -0.15) is 5.10 Å². The molecule has 19 heavy (non-hydrogen) atoms. The molecule has 0 heterocycles. The molecule has 0 radical (unpaired) electrons. The quantitative estimate of drug-likeness (QED) is 0.339. The number of amidine groups is 1. The van der Waals surface area contributed by atoms with Gasteiger partial charge in [-0.05, 0) is 48.5 Å². The molecule has 2 aromatic rings. The number of hydrogen-bond acceptors (Lipinski definition) is 4. The summed E-state index contributed by atoms with van der Waals surface area (Å²) in [6.07, 6.45) is 0. The first-order valence-electron chi connectivity index (χ1n) is 5.51. The zero-order valence-corrected chi connectivity index (χ0v) is 10.0. The van der Waals surface area contributed by atoms with Crippen LogP contribution in [-0.2, 0) is 0 Å². The third-order valence-electron chi connectivity index (χ3n) is 2.44. The summed E-state index contributed by atoms with van der Waals surface area (Å²) in [5, 5.41) is 3.50. The largest absolute Gasteiger partial charge is 0.457 e. The first kappa shape index (κ1) is 12.8. The zero-order chi connectivity index (χ0) is 13.7. The van der Waals surface area contributed by atoms with Gasteiger partial charge < -0.3 is 16.0 Å². The van der Waals surface area contributed by atoms with Gasteiger partial charge in [0.15, 0.2) is 5.84 Å². The van der Waals surface area contributed by atoms with Crippen molar-refractivity contribution in [2.24, 2.45) is 16.8 Å². The van der Waals surface area contributed by atoms with Crippen LogP contribution in [-0.4, -0.2) is 5.84 Å². The van der Waals surface area contributed by atoms with Gasteiger partial charge in [0.1, 0.15) is 17.3 Å². The van der Waals surface area contributed by atoms with Crippen molar-refractivity contribution >= 4 is 5.84 Å². The highest BCUT2D eigenvalue weighted by Crippen LogP contribution is 2.21. The summed E-state index contributed by atoms with van der Waals surface area (Å²) in [4.78, 5) is 0. The van der Waals surface area contributed by atoms with Gasteiger partial charge in [0.05, 0.1) is 0 Å². The van der Waals surface area contributed by atoms with Crippen LogP contribution in [0.1, 0.15) is 5.56 Å². The normalized spacial score (nSPS) is 11.2. The topological polar surface area (TPSA) is 85.7 Å².